The van der Waals surface area contributed by atoms with Crippen LogP contribution in [0.25, 0.3) is 43.6 Å². The van der Waals surface area contributed by atoms with Crippen LogP contribution in [-0.2, 0) is 37.7 Å². The van der Waals surface area contributed by atoms with Crippen LogP contribution in [0.15, 0.2) is 72.6 Å². The molecule has 0 saturated carbocycles. The number of benzene rings is 4. The second kappa shape index (κ2) is 16.9. The number of ether oxygens (including phenoxy) is 1. The minimum absolute atomic E-state index is 0. The van der Waals surface area contributed by atoms with E-state index in [1.54, 1.807) is 0 Å². The molecule has 53 heavy (non-hydrogen) atoms. The molecule has 4 nitrogen and oxygen atoms in total. The minimum atomic E-state index is -0.248. The van der Waals surface area contributed by atoms with Crippen molar-refractivity contribution in [2.75, 3.05) is 0 Å². The van der Waals surface area contributed by atoms with Crippen LogP contribution in [0.2, 0.25) is 0 Å². The number of aryl methyl sites for hydroxylation is 1. The van der Waals surface area contributed by atoms with E-state index in [0.29, 0.717) is 0 Å². The molecule has 4 aromatic carbocycles. The minimum Gasteiger partial charge on any atom is -0.512 e. The molecule has 0 amide bonds. The standard InChI is InChI=1S/C34H34NO.C14H26O2.Ir/c1-33(2,3)16-14-26-23-12-8-7-10-21(23)18-28-31-30-25(15-17-35-31)24-13-9-11-22(20-34(4,5)6)27(24)19-29(30)36-32(26)28;1-6-11(7-2)12(15)10-13(16)14(5,8-3)9-4;/h7-13,15,17,19H,14,16,20H2,1-6H3;10-11,16H,6-9H2,1-5H3;/q-1;;/b;13-10-;. The largest absolute Gasteiger partial charge is 0.512 e. The Morgan fingerprint density at radius 2 is 1.51 bits per heavy atom. The Morgan fingerprint density at radius 1 is 0.849 bits per heavy atom. The zero-order valence-electron chi connectivity index (χ0n) is 33.9. The van der Waals surface area contributed by atoms with E-state index in [9.17, 15) is 9.90 Å². The van der Waals surface area contributed by atoms with Crippen LogP contribution < -0.4 is 4.74 Å². The van der Waals surface area contributed by atoms with E-state index in [1.807, 2.05) is 40.8 Å². The molecule has 0 fully saturated rings. The van der Waals surface area contributed by atoms with Gasteiger partial charge in [-0.3, -0.25) is 9.78 Å². The maximum Gasteiger partial charge on any atom is 0.162 e. The van der Waals surface area contributed by atoms with Crippen LogP contribution >= 0.6 is 0 Å². The molecule has 0 aliphatic carbocycles. The average Bonchev–Trinajstić information content (AvgIpc) is 3.10. The van der Waals surface area contributed by atoms with Gasteiger partial charge in [0.1, 0.15) is 11.5 Å². The molecule has 5 aromatic rings. The molecular weight excluding hydrogens is 831 g/mol. The third-order valence-electron chi connectivity index (χ3n) is 11.1. The molecule has 1 aliphatic rings. The normalized spacial score (nSPS) is 13.0. The van der Waals surface area contributed by atoms with E-state index in [-0.39, 0.29) is 53.8 Å². The van der Waals surface area contributed by atoms with Crippen molar-refractivity contribution >= 4 is 38.1 Å². The molecule has 0 atom stereocenters. The Labute approximate surface area is 332 Å². The maximum atomic E-state index is 11.9. The first-order valence-electron chi connectivity index (χ1n) is 19.5. The van der Waals surface area contributed by atoms with Crippen molar-refractivity contribution in [2.45, 2.75) is 121 Å². The molecule has 0 saturated heterocycles. The first-order chi connectivity index (χ1) is 24.5. The van der Waals surface area contributed by atoms with Crippen LogP contribution in [0.4, 0.5) is 0 Å². The van der Waals surface area contributed by atoms with Gasteiger partial charge in [0, 0.05) is 54.8 Å². The van der Waals surface area contributed by atoms with Gasteiger partial charge in [-0.15, -0.1) is 17.5 Å². The fraction of sp³-hybridized carbons (Fsp3) is 0.458. The Balaban J connectivity index is 0.000000316. The van der Waals surface area contributed by atoms with E-state index in [1.165, 1.54) is 38.7 Å². The van der Waals surface area contributed by atoms with Crippen LogP contribution in [0.5, 0.6) is 11.5 Å². The number of aromatic nitrogens is 1. The van der Waals surface area contributed by atoms with E-state index in [4.69, 9.17) is 9.72 Å². The molecule has 2 heterocycles. The number of carbonyl (C=O) groups is 1. The number of carbonyl (C=O) groups excluding carboxylic acids is 1. The Kier molecular flexibility index (Phi) is 13.4. The monoisotopic (exact) mass is 891 g/mol. The van der Waals surface area contributed by atoms with E-state index >= 15 is 0 Å². The van der Waals surface area contributed by atoms with E-state index < -0.39 is 0 Å². The summed E-state index contributed by atoms with van der Waals surface area (Å²) in [4.78, 5) is 16.8. The number of aliphatic hydroxyl groups is 1. The van der Waals surface area contributed by atoms with Crippen molar-refractivity contribution in [1.29, 1.82) is 0 Å². The summed E-state index contributed by atoms with van der Waals surface area (Å²) in [5, 5.41) is 17.2. The van der Waals surface area contributed by atoms with Gasteiger partial charge in [-0.05, 0) is 89.6 Å². The van der Waals surface area contributed by atoms with Gasteiger partial charge >= 0.3 is 0 Å². The predicted octanol–water partition coefficient (Wildman–Crippen LogP) is 13.9. The number of aliphatic hydroxyl groups excluding tert-OH is 1. The molecule has 0 bridgehead atoms. The first-order valence-corrected chi connectivity index (χ1v) is 19.5. The Morgan fingerprint density at radius 3 is 2.13 bits per heavy atom. The van der Waals surface area contributed by atoms with Crippen molar-refractivity contribution in [3.05, 3.63) is 89.8 Å². The Hall–Kier alpha value is -3.53. The maximum absolute atomic E-state index is 11.9. The molecule has 1 radical (unpaired) electrons. The fourth-order valence-electron chi connectivity index (χ4n) is 7.34. The quantitative estimate of drug-likeness (QED) is 0.0644. The van der Waals surface area contributed by atoms with Gasteiger partial charge in [-0.25, -0.2) is 0 Å². The number of hydrogen-bond acceptors (Lipinski definition) is 4. The zero-order chi connectivity index (χ0) is 38.0. The van der Waals surface area contributed by atoms with Crippen LogP contribution in [0.3, 0.4) is 0 Å². The Bertz CT molecular complexity index is 2110. The number of hydrogen-bond donors (Lipinski definition) is 1. The van der Waals surface area contributed by atoms with Crippen LogP contribution in [0, 0.1) is 28.2 Å². The van der Waals surface area contributed by atoms with Crippen LogP contribution in [0.1, 0.15) is 119 Å². The summed E-state index contributed by atoms with van der Waals surface area (Å²) < 4.78 is 6.88. The number of fused-ring (bicyclic) bond motifs is 5. The van der Waals surface area contributed by atoms with Crippen LogP contribution in [-0.4, -0.2) is 15.9 Å². The molecule has 0 unspecified atom stereocenters. The van der Waals surface area contributed by atoms with Crippen molar-refractivity contribution in [2.24, 2.45) is 22.2 Å². The molecule has 0 spiro atoms. The summed E-state index contributed by atoms with van der Waals surface area (Å²) in [5.74, 6) is 2.21. The predicted molar refractivity (Wildman–Crippen MR) is 221 cm³/mol. The van der Waals surface area contributed by atoms with Crippen molar-refractivity contribution in [3.8, 4) is 22.8 Å². The van der Waals surface area contributed by atoms with Gasteiger partial charge in [0.05, 0.1) is 5.75 Å². The molecule has 5 heteroatoms. The molecular formula is C48H60IrNO3-. The number of ketones is 1. The van der Waals surface area contributed by atoms with Crippen molar-refractivity contribution < 1.29 is 34.7 Å². The van der Waals surface area contributed by atoms with Gasteiger partial charge in [-0.2, -0.15) is 0 Å². The topological polar surface area (TPSA) is 59.4 Å². The van der Waals surface area contributed by atoms with Crippen molar-refractivity contribution in [1.82, 2.24) is 4.98 Å². The zero-order valence-corrected chi connectivity index (χ0v) is 36.3. The summed E-state index contributed by atoms with van der Waals surface area (Å²) >= 11 is 0. The van der Waals surface area contributed by atoms with E-state index in [2.05, 4.69) is 102 Å². The molecule has 1 aromatic heterocycles. The summed E-state index contributed by atoms with van der Waals surface area (Å²) in [6, 6.07) is 23.3. The van der Waals surface area contributed by atoms with Gasteiger partial charge in [0.15, 0.2) is 5.78 Å². The average molecular weight is 891 g/mol. The molecule has 1 N–H and O–H groups in total. The summed E-state index contributed by atoms with van der Waals surface area (Å²) in [6.07, 6.45) is 9.82. The third-order valence-corrected chi connectivity index (χ3v) is 11.1. The molecule has 6 rings (SSSR count). The summed E-state index contributed by atoms with van der Waals surface area (Å²) in [5.41, 5.74) is 4.78. The number of allylic oxidation sites excluding steroid dienone is 2. The second-order valence-corrected chi connectivity index (χ2v) is 17.4. The number of pyridine rings is 1. The fourth-order valence-corrected chi connectivity index (χ4v) is 7.34. The van der Waals surface area contributed by atoms with Gasteiger partial charge in [0.2, 0.25) is 0 Å². The van der Waals surface area contributed by atoms with E-state index in [0.717, 1.165) is 78.5 Å². The summed E-state index contributed by atoms with van der Waals surface area (Å²) in [6.45, 7) is 23.9. The molecule has 285 valence electrons. The summed E-state index contributed by atoms with van der Waals surface area (Å²) in [7, 11) is 0. The second-order valence-electron chi connectivity index (χ2n) is 17.4. The van der Waals surface area contributed by atoms with Gasteiger partial charge < -0.3 is 9.84 Å². The van der Waals surface area contributed by atoms with Crippen molar-refractivity contribution in [3.63, 3.8) is 0 Å². The van der Waals surface area contributed by atoms with Gasteiger partial charge in [0.25, 0.3) is 0 Å². The smallest absolute Gasteiger partial charge is 0.162 e. The SMILES string of the molecule is CC(C)(C)CCc1c2c([c-]c3ccccc13)-c1nccc3c1c(cc1c(CC(C)(C)C)cccc13)O2.CCC(CC)C(=O)/C=C(\O)C(C)(CC)CC.[Ir]. The molecule has 1 aliphatic heterocycles. The number of nitrogens with zero attached hydrogens (tertiary/aromatic N) is 1. The third kappa shape index (κ3) is 9.23. The first kappa shape index (κ1) is 42.2. The van der Waals surface area contributed by atoms with Gasteiger partial charge in [-0.1, -0.05) is 129 Å². The number of rotatable bonds is 10.